The summed E-state index contributed by atoms with van der Waals surface area (Å²) in [5.41, 5.74) is 2.89. The van der Waals surface area contributed by atoms with E-state index in [9.17, 15) is 4.79 Å². The lowest BCUT2D eigenvalue weighted by Crippen LogP contribution is -2.29. The molecule has 0 unspecified atom stereocenters. The summed E-state index contributed by atoms with van der Waals surface area (Å²) < 4.78 is 0. The molecule has 0 fully saturated rings. The largest absolute Gasteiger partial charge is 0.295 e. The van der Waals surface area contributed by atoms with Gasteiger partial charge in [0.2, 0.25) is 0 Å². The molecule has 0 aromatic rings. The third-order valence-electron chi connectivity index (χ3n) is 3.77. The Labute approximate surface area is 93.3 Å². The molecule has 1 rings (SSSR count). The number of carbonyl (C=O) groups is 1. The molecule has 1 heteroatoms. The molecule has 0 radical (unpaired) electrons. The first kappa shape index (κ1) is 12.2. The molecule has 84 valence electrons. The Bertz CT molecular complexity index is 318. The van der Waals surface area contributed by atoms with Crippen molar-refractivity contribution in [1.82, 2.24) is 0 Å². The first-order valence-electron chi connectivity index (χ1n) is 5.71. The zero-order chi connectivity index (χ0) is 11.6. The van der Waals surface area contributed by atoms with Crippen LogP contribution in [0.5, 0.6) is 0 Å². The van der Waals surface area contributed by atoms with Crippen LogP contribution in [0.15, 0.2) is 23.3 Å². The van der Waals surface area contributed by atoms with Crippen LogP contribution in [0.4, 0.5) is 0 Å². The van der Waals surface area contributed by atoms with Gasteiger partial charge in [0.15, 0.2) is 5.78 Å². The summed E-state index contributed by atoms with van der Waals surface area (Å²) in [5.74, 6) is 0.682. The van der Waals surface area contributed by atoms with Gasteiger partial charge in [-0.15, -0.1) is 0 Å². The van der Waals surface area contributed by atoms with Crippen LogP contribution in [-0.4, -0.2) is 5.78 Å². The van der Waals surface area contributed by atoms with Crippen molar-refractivity contribution in [3.63, 3.8) is 0 Å². The van der Waals surface area contributed by atoms with E-state index in [0.717, 1.165) is 6.42 Å². The molecule has 0 heterocycles. The normalized spacial score (nSPS) is 26.1. The van der Waals surface area contributed by atoms with E-state index in [1.807, 2.05) is 0 Å². The maximum absolute atomic E-state index is 11.1. The predicted molar refractivity (Wildman–Crippen MR) is 64.7 cm³/mol. The average molecular weight is 206 g/mol. The van der Waals surface area contributed by atoms with Crippen LogP contribution in [0, 0.1) is 11.3 Å². The van der Waals surface area contributed by atoms with Gasteiger partial charge in [0.05, 0.1) is 0 Å². The van der Waals surface area contributed by atoms with Crippen molar-refractivity contribution in [3.05, 3.63) is 23.3 Å². The molecule has 1 nitrogen and oxygen atoms in total. The molecule has 0 aromatic carbocycles. The highest BCUT2D eigenvalue weighted by Gasteiger charge is 2.33. The molecular weight excluding hydrogens is 184 g/mol. The van der Waals surface area contributed by atoms with E-state index in [4.69, 9.17) is 0 Å². The van der Waals surface area contributed by atoms with Gasteiger partial charge in [0, 0.05) is 0 Å². The maximum Gasteiger partial charge on any atom is 0.152 e. The van der Waals surface area contributed by atoms with Crippen LogP contribution in [-0.2, 0) is 4.79 Å². The van der Waals surface area contributed by atoms with Crippen molar-refractivity contribution in [3.8, 4) is 0 Å². The second kappa shape index (κ2) is 4.34. The van der Waals surface area contributed by atoms with Crippen molar-refractivity contribution in [2.24, 2.45) is 11.3 Å². The van der Waals surface area contributed by atoms with Crippen LogP contribution in [0.1, 0.15) is 47.5 Å². The number of carbonyl (C=O) groups excluding carboxylic acids is 1. The minimum Gasteiger partial charge on any atom is -0.295 e. The first-order chi connectivity index (χ1) is 6.85. The summed E-state index contributed by atoms with van der Waals surface area (Å²) in [6, 6.07) is 0. The SMILES string of the molecule is CC(=O)/C=C(\C)[C@H]1CCC=C(C)C1(C)C. The third-order valence-corrected chi connectivity index (χ3v) is 3.77. The standard InChI is InChI=1S/C14H22O/c1-10(9-12(3)15)13-8-6-7-11(2)14(13,4)5/h7,9,13H,6,8H2,1-5H3/b10-9+/t13-/m1/s1. The van der Waals surface area contributed by atoms with Gasteiger partial charge >= 0.3 is 0 Å². The van der Waals surface area contributed by atoms with Gasteiger partial charge in [-0.3, -0.25) is 4.79 Å². The second-order valence-electron chi connectivity index (χ2n) is 5.24. The Morgan fingerprint density at radius 3 is 2.60 bits per heavy atom. The van der Waals surface area contributed by atoms with Crippen LogP contribution >= 0.6 is 0 Å². The van der Waals surface area contributed by atoms with E-state index in [0.29, 0.717) is 5.92 Å². The molecule has 1 atom stereocenters. The first-order valence-corrected chi connectivity index (χ1v) is 5.71. The second-order valence-corrected chi connectivity index (χ2v) is 5.24. The molecule has 0 amide bonds. The number of hydrogen-bond donors (Lipinski definition) is 0. The molecule has 0 aromatic heterocycles. The lowest BCUT2D eigenvalue weighted by atomic mass is 9.65. The van der Waals surface area contributed by atoms with E-state index < -0.39 is 0 Å². The Kier molecular flexibility index (Phi) is 3.54. The number of allylic oxidation sites excluding steroid dienone is 4. The Hall–Kier alpha value is -0.850. The molecule has 0 spiro atoms. The monoisotopic (exact) mass is 206 g/mol. The van der Waals surface area contributed by atoms with E-state index in [-0.39, 0.29) is 11.2 Å². The van der Waals surface area contributed by atoms with Crippen molar-refractivity contribution in [1.29, 1.82) is 0 Å². The molecular formula is C14H22O. The van der Waals surface area contributed by atoms with Gasteiger partial charge in [0.25, 0.3) is 0 Å². The summed E-state index contributed by atoms with van der Waals surface area (Å²) in [4.78, 5) is 11.1. The highest BCUT2D eigenvalue weighted by atomic mass is 16.1. The van der Waals surface area contributed by atoms with Crippen LogP contribution in [0.3, 0.4) is 0 Å². The molecule has 0 N–H and O–H groups in total. The Morgan fingerprint density at radius 1 is 1.47 bits per heavy atom. The minimum absolute atomic E-state index is 0.163. The van der Waals surface area contributed by atoms with Gasteiger partial charge in [-0.25, -0.2) is 0 Å². The number of ketones is 1. The summed E-state index contributed by atoms with van der Waals surface area (Å²) in [7, 11) is 0. The van der Waals surface area contributed by atoms with Gasteiger partial charge in [-0.2, -0.15) is 0 Å². The molecule has 1 aliphatic rings. The minimum atomic E-state index is 0.163. The highest BCUT2D eigenvalue weighted by Crippen LogP contribution is 2.44. The van der Waals surface area contributed by atoms with Crippen LogP contribution in [0.2, 0.25) is 0 Å². The lowest BCUT2D eigenvalue weighted by Gasteiger charge is -2.39. The van der Waals surface area contributed by atoms with Gasteiger partial charge in [-0.1, -0.05) is 31.1 Å². The quantitative estimate of drug-likeness (QED) is 0.494. The molecule has 1 aliphatic carbocycles. The third kappa shape index (κ3) is 2.58. The van der Waals surface area contributed by atoms with E-state index in [1.165, 1.54) is 17.6 Å². The Morgan fingerprint density at radius 2 is 2.07 bits per heavy atom. The molecule has 0 saturated heterocycles. The smallest absolute Gasteiger partial charge is 0.152 e. The van der Waals surface area contributed by atoms with Crippen molar-refractivity contribution < 1.29 is 4.79 Å². The average Bonchev–Trinajstić information content (AvgIpc) is 2.08. The maximum atomic E-state index is 11.1. The van der Waals surface area contributed by atoms with Gasteiger partial charge in [0.1, 0.15) is 0 Å². The Balaban J connectivity index is 2.97. The predicted octanol–water partition coefficient (Wildman–Crippen LogP) is 3.90. The summed E-state index contributed by atoms with van der Waals surface area (Å²) in [5, 5.41) is 0. The van der Waals surface area contributed by atoms with Crippen molar-refractivity contribution in [2.45, 2.75) is 47.5 Å². The highest BCUT2D eigenvalue weighted by molar-refractivity contribution is 5.87. The molecule has 0 saturated carbocycles. The van der Waals surface area contributed by atoms with Gasteiger partial charge in [-0.05, 0) is 51.0 Å². The topological polar surface area (TPSA) is 17.1 Å². The zero-order valence-corrected chi connectivity index (χ0v) is 10.6. The molecule has 15 heavy (non-hydrogen) atoms. The fourth-order valence-electron chi connectivity index (χ4n) is 2.58. The fourth-order valence-corrected chi connectivity index (χ4v) is 2.58. The summed E-state index contributed by atoms with van der Waals surface area (Å²) >= 11 is 0. The lowest BCUT2D eigenvalue weighted by molar-refractivity contribution is -0.112. The summed E-state index contributed by atoms with van der Waals surface area (Å²) in [6.07, 6.45) is 6.44. The van der Waals surface area contributed by atoms with Gasteiger partial charge < -0.3 is 0 Å². The van der Waals surface area contributed by atoms with Crippen molar-refractivity contribution >= 4 is 5.78 Å². The zero-order valence-electron chi connectivity index (χ0n) is 10.6. The summed E-state index contributed by atoms with van der Waals surface area (Å²) in [6.45, 7) is 10.5. The van der Waals surface area contributed by atoms with Crippen LogP contribution in [0.25, 0.3) is 0 Å². The fraction of sp³-hybridized carbons (Fsp3) is 0.643. The van der Waals surface area contributed by atoms with E-state index in [1.54, 1.807) is 13.0 Å². The van der Waals surface area contributed by atoms with Crippen molar-refractivity contribution in [2.75, 3.05) is 0 Å². The van der Waals surface area contributed by atoms with Crippen LogP contribution < -0.4 is 0 Å². The number of hydrogen-bond acceptors (Lipinski definition) is 1. The molecule has 0 aliphatic heterocycles. The van der Waals surface area contributed by atoms with E-state index >= 15 is 0 Å². The molecule has 0 bridgehead atoms. The number of rotatable bonds is 2. The van der Waals surface area contributed by atoms with E-state index in [2.05, 4.69) is 33.8 Å².